The van der Waals surface area contributed by atoms with Crippen molar-refractivity contribution >= 4 is 81.6 Å². The number of aromatic nitrogens is 1. The van der Waals surface area contributed by atoms with Gasteiger partial charge in [0.1, 0.15) is 50.4 Å². The fourth-order valence-corrected chi connectivity index (χ4v) is 11.3. The molecule has 116 heavy (non-hydrogen) atoms. The first kappa shape index (κ1) is 88.7. The van der Waals surface area contributed by atoms with E-state index in [1.165, 1.54) is 0 Å². The van der Waals surface area contributed by atoms with Crippen LogP contribution < -0.4 is 5.73 Å². The molecule has 1 unspecified atom stereocenters. The summed E-state index contributed by atoms with van der Waals surface area (Å²) in [6.07, 6.45) is 1.68. The molecule has 0 saturated carbocycles. The Balaban J connectivity index is 0.000000205. The second-order valence-corrected chi connectivity index (χ2v) is 26.5. The van der Waals surface area contributed by atoms with Gasteiger partial charge in [0.25, 0.3) is 0 Å². The highest BCUT2D eigenvalue weighted by atomic mass is 16.5. The van der Waals surface area contributed by atoms with E-state index in [2.05, 4.69) is 29.2 Å². The number of fused-ring (bicyclic) bond motifs is 1. The Hall–Kier alpha value is -14.5. The van der Waals surface area contributed by atoms with Crippen LogP contribution in [0.4, 0.5) is 28.4 Å². The minimum atomic E-state index is -1.09. The fraction of sp³-hybridized carbons (Fsp3) is 0.215. The van der Waals surface area contributed by atoms with Crippen molar-refractivity contribution in [2.45, 2.75) is 96.4 Å². The SMILES string of the molecule is [C-]#[N+]c1ccc(C[C@@H](C=O)CC(=O)OCc2ccccc2)cc1.[C-]#[N+]c1ccc(C[C@@H](CO)CC(=O)OCc2ccccc2)cc1.[C-]#[N+]c1ccc(C[C@H](CC(=O)OCc2ccccc2)C(=O)O)cc1.[C-]#[N+]c1ccc(C[C@H](CC(=O)OCc2ccccc2)C(O)c2nc3ccccc3o2)cc1.[C-]#[N+]c1ccc(C[C@H](N)C(=O)O)cc1. The average molecular weight is 1560 g/mol. The molecule has 23 nitrogen and oxygen atoms in total. The Morgan fingerprint density at radius 3 is 1.07 bits per heavy atom. The maximum absolute atomic E-state index is 12.6. The second-order valence-electron chi connectivity index (χ2n) is 26.5. The molecule has 0 radical (unpaired) electrons. The van der Waals surface area contributed by atoms with Gasteiger partial charge in [0.2, 0.25) is 5.89 Å². The molecule has 0 fully saturated rings. The molecular weight excluding hydrogens is 1470 g/mol. The van der Waals surface area contributed by atoms with Crippen LogP contribution in [-0.2, 0) is 111 Å². The molecule has 1 aromatic heterocycles. The number of nitrogens with zero attached hydrogens (tertiary/aromatic N) is 6. The number of aliphatic hydroxyl groups excluding tert-OH is 2. The van der Waals surface area contributed by atoms with E-state index in [9.17, 15) is 48.9 Å². The van der Waals surface area contributed by atoms with Gasteiger partial charge in [-0.15, -0.1) is 0 Å². The molecule has 0 bridgehead atoms. The number of aldehydes is 1. The molecular formula is C93H85N7O16. The standard InChI is InChI=1S/C26H22N2O4.C19H17NO4.C19H19NO3.C19H17NO3.C10H10N2O2/c1-27-21-13-11-18(12-14-21)15-20(16-24(29)31-17-19-7-3-2-4-8-19)25(30)26-28-22-9-5-6-10-23(22)32-26;1-20-17-9-7-14(8-10-17)11-16(19(22)23)12-18(21)24-13-15-5-3-2-4-6-15;2*1-20-18-9-7-15(8-10-18)11-17(13-21)12-19(22)23-14-16-5-3-2-4-6-16;1-12-8-4-2-7(3-5-8)6-9(11)10(13)14/h2-14,20,25,30H,15-17H2;2-10,16H,11-13H2,(H,22,23);2-10,17,21H,11-14H2;2-10,13,17H,11-12,14H2;2-5,9H,6,11H2,(H,13,14)/t20-,25?;16-;2*17-;9-/m11110/s1. The highest BCUT2D eigenvalue weighted by Crippen LogP contribution is 2.32. The summed E-state index contributed by atoms with van der Waals surface area (Å²) in [5.41, 5.74) is 17.3. The molecule has 10 aromatic carbocycles. The van der Waals surface area contributed by atoms with Crippen LogP contribution >= 0.6 is 0 Å². The number of ether oxygens (including phenoxy) is 4. The third-order valence-corrected chi connectivity index (χ3v) is 17.6. The van der Waals surface area contributed by atoms with E-state index in [1.54, 1.807) is 109 Å². The summed E-state index contributed by atoms with van der Waals surface area (Å²) in [7, 11) is 0. The molecule has 1 heterocycles. The minimum absolute atomic E-state index is 0.00268. The third kappa shape index (κ3) is 32.4. The third-order valence-electron chi connectivity index (χ3n) is 17.6. The van der Waals surface area contributed by atoms with Gasteiger partial charge in [-0.3, -0.25) is 28.8 Å². The van der Waals surface area contributed by atoms with Crippen LogP contribution in [0, 0.1) is 56.5 Å². The maximum atomic E-state index is 12.6. The molecule has 0 amide bonds. The normalized spacial score (nSPS) is 11.8. The molecule has 0 saturated heterocycles. The summed E-state index contributed by atoms with van der Waals surface area (Å²) < 4.78 is 26.8. The Labute approximate surface area is 672 Å². The predicted molar refractivity (Wildman–Crippen MR) is 435 cm³/mol. The van der Waals surface area contributed by atoms with Gasteiger partial charge in [-0.05, 0) is 89.1 Å². The summed E-state index contributed by atoms with van der Waals surface area (Å²) in [4.78, 5) is 102. The molecule has 0 aliphatic rings. The van der Waals surface area contributed by atoms with E-state index in [0.29, 0.717) is 58.8 Å². The lowest BCUT2D eigenvalue weighted by Crippen LogP contribution is -2.32. The number of carboxylic acids is 2. The summed E-state index contributed by atoms with van der Waals surface area (Å²) in [5, 5.41) is 38.4. The van der Waals surface area contributed by atoms with Gasteiger partial charge in [-0.25, -0.2) is 29.2 Å². The van der Waals surface area contributed by atoms with Crippen molar-refractivity contribution in [1.29, 1.82) is 0 Å². The van der Waals surface area contributed by atoms with Crippen molar-refractivity contribution in [2.24, 2.45) is 29.4 Å². The number of aliphatic hydroxyl groups is 2. The Morgan fingerprint density at radius 1 is 0.388 bits per heavy atom. The fourth-order valence-electron chi connectivity index (χ4n) is 11.3. The van der Waals surface area contributed by atoms with Crippen molar-refractivity contribution in [1.82, 2.24) is 4.98 Å². The lowest BCUT2D eigenvalue weighted by Gasteiger charge is -2.20. The number of hydrogen-bond acceptors (Lipinski definition) is 16. The van der Waals surface area contributed by atoms with Crippen LogP contribution in [-0.4, -0.2) is 80.2 Å². The van der Waals surface area contributed by atoms with Gasteiger partial charge in [-0.1, -0.05) is 266 Å². The summed E-state index contributed by atoms with van der Waals surface area (Å²) >= 11 is 0. The van der Waals surface area contributed by atoms with E-state index in [1.807, 2.05) is 158 Å². The van der Waals surface area contributed by atoms with Gasteiger partial charge in [0.05, 0.1) is 64.5 Å². The largest absolute Gasteiger partial charge is 0.481 e. The van der Waals surface area contributed by atoms with Crippen molar-refractivity contribution < 1.29 is 77.4 Å². The number of rotatable bonds is 32. The molecule has 23 heteroatoms. The average Bonchev–Trinajstić information content (AvgIpc) is 1.44. The molecule has 0 aliphatic heterocycles. The van der Waals surface area contributed by atoms with Crippen LogP contribution in [0.5, 0.6) is 0 Å². The second kappa shape index (κ2) is 49.0. The van der Waals surface area contributed by atoms with Crippen molar-refractivity contribution in [3.8, 4) is 0 Å². The first-order valence-electron chi connectivity index (χ1n) is 36.7. The number of aliphatic carboxylic acids is 2. The number of benzene rings is 10. The number of esters is 4. The van der Waals surface area contributed by atoms with Gasteiger partial charge in [0, 0.05) is 18.4 Å². The topological polar surface area (TPSA) is 311 Å². The molecule has 11 aromatic rings. The Kier molecular flexibility index (Phi) is 37.5. The molecule has 588 valence electrons. The van der Waals surface area contributed by atoms with Crippen LogP contribution in [0.1, 0.15) is 87.7 Å². The number of para-hydroxylation sites is 2. The van der Waals surface area contributed by atoms with E-state index in [-0.39, 0.29) is 95.3 Å². The van der Waals surface area contributed by atoms with Crippen LogP contribution in [0.25, 0.3) is 35.3 Å². The number of carbonyl (C=O) groups excluding carboxylic acids is 5. The van der Waals surface area contributed by atoms with Gasteiger partial charge >= 0.3 is 35.8 Å². The van der Waals surface area contributed by atoms with Gasteiger partial charge < -0.3 is 54.3 Å². The Morgan fingerprint density at radius 2 is 0.716 bits per heavy atom. The highest BCUT2D eigenvalue weighted by Gasteiger charge is 2.30. The number of oxazole rings is 1. The van der Waals surface area contributed by atoms with Crippen LogP contribution in [0.2, 0.25) is 0 Å². The summed E-state index contributed by atoms with van der Waals surface area (Å²) in [6.45, 7) is 35.3. The van der Waals surface area contributed by atoms with Crippen LogP contribution in [0.3, 0.4) is 0 Å². The van der Waals surface area contributed by atoms with Crippen molar-refractivity contribution in [3.05, 3.63) is 380 Å². The monoisotopic (exact) mass is 1560 g/mol. The van der Waals surface area contributed by atoms with E-state index < -0.39 is 53.8 Å². The molecule has 6 N–H and O–H groups in total. The van der Waals surface area contributed by atoms with Crippen molar-refractivity contribution in [2.75, 3.05) is 6.61 Å². The van der Waals surface area contributed by atoms with Crippen LogP contribution in [0.15, 0.2) is 271 Å². The maximum Gasteiger partial charge on any atom is 0.320 e. The molecule has 0 aliphatic carbocycles. The lowest BCUT2D eigenvalue weighted by molar-refractivity contribution is -0.152. The molecule has 6 atom stereocenters. The van der Waals surface area contributed by atoms with Gasteiger partial charge in [-0.2, -0.15) is 0 Å². The summed E-state index contributed by atoms with van der Waals surface area (Å²) in [5.74, 6) is -5.50. The zero-order valence-electron chi connectivity index (χ0n) is 63.3. The highest BCUT2D eigenvalue weighted by molar-refractivity contribution is 5.79. The molecule has 0 spiro atoms. The van der Waals surface area contributed by atoms with E-state index >= 15 is 0 Å². The van der Waals surface area contributed by atoms with E-state index in [0.717, 1.165) is 56.4 Å². The quantitative estimate of drug-likeness (QED) is 0.0113. The van der Waals surface area contributed by atoms with Crippen molar-refractivity contribution in [3.63, 3.8) is 0 Å². The zero-order valence-corrected chi connectivity index (χ0v) is 63.3. The zero-order chi connectivity index (χ0) is 83.2. The van der Waals surface area contributed by atoms with Gasteiger partial charge in [0.15, 0.2) is 34.0 Å². The molecule has 11 rings (SSSR count). The predicted octanol–water partition coefficient (Wildman–Crippen LogP) is 17.5. The number of carboxylic acid groups (broad SMARTS) is 2. The smallest absolute Gasteiger partial charge is 0.320 e. The lowest BCUT2D eigenvalue weighted by atomic mass is 9.90. The summed E-state index contributed by atoms with van der Waals surface area (Å²) in [6, 6.07) is 78.7. The number of carbonyl (C=O) groups is 7. The number of hydrogen-bond donors (Lipinski definition) is 5. The first-order chi connectivity index (χ1) is 56.2. The number of nitrogens with two attached hydrogens (primary N) is 1. The van der Waals surface area contributed by atoms with E-state index in [4.69, 9.17) is 67.1 Å². The minimum Gasteiger partial charge on any atom is -0.481 e. The Bertz CT molecular complexity index is 5100. The first-order valence-corrected chi connectivity index (χ1v) is 36.7.